The molecule has 0 unspecified atom stereocenters. The summed E-state index contributed by atoms with van der Waals surface area (Å²) < 4.78 is 0. The number of hydrogen-bond acceptors (Lipinski definition) is 3. The minimum absolute atomic E-state index is 0.293. The summed E-state index contributed by atoms with van der Waals surface area (Å²) in [5.41, 5.74) is 13.5. The molecule has 0 heterocycles. The van der Waals surface area contributed by atoms with Crippen LogP contribution in [0.4, 0.5) is 0 Å². The zero-order chi connectivity index (χ0) is 17.5. The molecular weight excluding hydrogens is 302 g/mol. The minimum atomic E-state index is -0.721. The summed E-state index contributed by atoms with van der Waals surface area (Å²) in [5.74, 6) is -0.833. The molecule has 126 valence electrons. The maximum atomic E-state index is 12.6. The predicted molar refractivity (Wildman–Crippen MR) is 94.0 cm³/mol. The van der Waals surface area contributed by atoms with Gasteiger partial charge in [0.2, 0.25) is 11.8 Å². The van der Waals surface area contributed by atoms with E-state index in [4.69, 9.17) is 11.5 Å². The molecular formula is C19H23N3O2. The van der Waals surface area contributed by atoms with Crippen molar-refractivity contribution in [3.63, 3.8) is 0 Å². The first-order chi connectivity index (χ1) is 11.5. The van der Waals surface area contributed by atoms with Crippen molar-refractivity contribution in [1.82, 2.24) is 4.90 Å². The SMILES string of the molecule is CN(C(=O)[C@@H](N)Cc1ccccc1)[C@@H](Cc1ccccc1)C(N)=O. The smallest absolute Gasteiger partial charge is 0.240 e. The van der Waals surface area contributed by atoms with Crippen LogP contribution in [0.3, 0.4) is 0 Å². The highest BCUT2D eigenvalue weighted by atomic mass is 16.2. The van der Waals surface area contributed by atoms with E-state index >= 15 is 0 Å². The Morgan fingerprint density at radius 2 is 1.38 bits per heavy atom. The highest BCUT2D eigenvalue weighted by Crippen LogP contribution is 2.10. The Morgan fingerprint density at radius 1 is 0.917 bits per heavy atom. The highest BCUT2D eigenvalue weighted by Gasteiger charge is 2.28. The van der Waals surface area contributed by atoms with E-state index in [1.165, 1.54) is 4.90 Å². The van der Waals surface area contributed by atoms with Crippen LogP contribution in [0, 0.1) is 0 Å². The van der Waals surface area contributed by atoms with Gasteiger partial charge in [0.25, 0.3) is 0 Å². The van der Waals surface area contributed by atoms with Gasteiger partial charge in [-0.1, -0.05) is 60.7 Å². The second-order valence-electron chi connectivity index (χ2n) is 5.85. The lowest BCUT2D eigenvalue weighted by Gasteiger charge is -2.28. The average Bonchev–Trinajstić information content (AvgIpc) is 2.60. The fourth-order valence-electron chi connectivity index (χ4n) is 2.64. The number of rotatable bonds is 7. The molecule has 2 aromatic rings. The summed E-state index contributed by atoms with van der Waals surface area (Å²) in [5, 5.41) is 0. The quantitative estimate of drug-likeness (QED) is 0.799. The maximum absolute atomic E-state index is 12.6. The van der Waals surface area contributed by atoms with Crippen LogP contribution in [0.1, 0.15) is 11.1 Å². The molecule has 0 bridgehead atoms. The summed E-state index contributed by atoms with van der Waals surface area (Å²) in [6, 6.07) is 17.6. The molecule has 0 saturated heterocycles. The van der Waals surface area contributed by atoms with Gasteiger partial charge in [-0.2, -0.15) is 0 Å². The van der Waals surface area contributed by atoms with Crippen LogP contribution in [0.5, 0.6) is 0 Å². The van der Waals surface area contributed by atoms with E-state index in [0.717, 1.165) is 11.1 Å². The van der Waals surface area contributed by atoms with E-state index in [1.54, 1.807) is 7.05 Å². The molecule has 0 aliphatic heterocycles. The number of nitrogens with zero attached hydrogens (tertiary/aromatic N) is 1. The number of hydrogen-bond donors (Lipinski definition) is 2. The van der Waals surface area contributed by atoms with Gasteiger partial charge < -0.3 is 16.4 Å². The molecule has 24 heavy (non-hydrogen) atoms. The molecule has 0 fully saturated rings. The van der Waals surface area contributed by atoms with Crippen molar-refractivity contribution in [3.8, 4) is 0 Å². The fraction of sp³-hybridized carbons (Fsp3) is 0.263. The summed E-state index contributed by atoms with van der Waals surface area (Å²) in [7, 11) is 1.57. The molecule has 0 aliphatic rings. The molecule has 2 amide bonds. The average molecular weight is 325 g/mol. The second-order valence-corrected chi connectivity index (χ2v) is 5.85. The first kappa shape index (κ1) is 17.7. The van der Waals surface area contributed by atoms with Crippen LogP contribution in [-0.2, 0) is 22.4 Å². The number of carbonyl (C=O) groups is 2. The van der Waals surface area contributed by atoms with Crippen molar-refractivity contribution in [3.05, 3.63) is 71.8 Å². The summed E-state index contributed by atoms with van der Waals surface area (Å²) in [6.07, 6.45) is 0.789. The number of carbonyl (C=O) groups excluding carboxylic acids is 2. The van der Waals surface area contributed by atoms with E-state index in [2.05, 4.69) is 0 Å². The second kappa shape index (κ2) is 8.26. The topological polar surface area (TPSA) is 89.4 Å². The Kier molecular flexibility index (Phi) is 6.09. The van der Waals surface area contributed by atoms with Gasteiger partial charge in [-0.25, -0.2) is 0 Å². The van der Waals surface area contributed by atoms with E-state index < -0.39 is 18.0 Å². The summed E-state index contributed by atoms with van der Waals surface area (Å²) >= 11 is 0. The largest absolute Gasteiger partial charge is 0.368 e. The first-order valence-corrected chi connectivity index (χ1v) is 7.88. The van der Waals surface area contributed by atoms with Gasteiger partial charge in [-0.05, 0) is 17.5 Å². The molecule has 5 nitrogen and oxygen atoms in total. The molecule has 0 spiro atoms. The van der Waals surface area contributed by atoms with Gasteiger partial charge in [0.15, 0.2) is 0 Å². The van der Waals surface area contributed by atoms with Crippen molar-refractivity contribution in [1.29, 1.82) is 0 Å². The molecule has 2 rings (SSSR count). The molecule has 0 radical (unpaired) electrons. The van der Waals surface area contributed by atoms with Crippen molar-refractivity contribution >= 4 is 11.8 Å². The number of likely N-dealkylation sites (N-methyl/N-ethyl adjacent to an activating group) is 1. The van der Waals surface area contributed by atoms with Crippen molar-refractivity contribution in [2.45, 2.75) is 24.9 Å². The normalized spacial score (nSPS) is 13.1. The molecule has 2 atom stereocenters. The van der Waals surface area contributed by atoms with Crippen LogP contribution < -0.4 is 11.5 Å². The van der Waals surface area contributed by atoms with Crippen LogP contribution in [0.25, 0.3) is 0 Å². The van der Waals surface area contributed by atoms with Gasteiger partial charge in [0.1, 0.15) is 6.04 Å². The summed E-state index contributed by atoms with van der Waals surface area (Å²) in [4.78, 5) is 25.8. The lowest BCUT2D eigenvalue weighted by atomic mass is 10.0. The number of benzene rings is 2. The Labute approximate surface area is 142 Å². The van der Waals surface area contributed by atoms with Gasteiger partial charge in [-0.15, -0.1) is 0 Å². The van der Waals surface area contributed by atoms with Gasteiger partial charge in [-0.3, -0.25) is 9.59 Å². The third kappa shape index (κ3) is 4.67. The van der Waals surface area contributed by atoms with Crippen LogP contribution in [-0.4, -0.2) is 35.8 Å². The molecule has 0 saturated carbocycles. The monoisotopic (exact) mass is 325 g/mol. The van der Waals surface area contributed by atoms with E-state index in [9.17, 15) is 9.59 Å². The van der Waals surface area contributed by atoms with Crippen molar-refractivity contribution < 1.29 is 9.59 Å². The molecule has 5 heteroatoms. The Balaban J connectivity index is 2.06. The lowest BCUT2D eigenvalue weighted by molar-refractivity contribution is -0.138. The fourth-order valence-corrected chi connectivity index (χ4v) is 2.64. The zero-order valence-corrected chi connectivity index (χ0v) is 13.8. The van der Waals surface area contributed by atoms with E-state index in [-0.39, 0.29) is 5.91 Å². The maximum Gasteiger partial charge on any atom is 0.240 e. The van der Waals surface area contributed by atoms with E-state index in [0.29, 0.717) is 12.8 Å². The Hall–Kier alpha value is -2.66. The molecule has 2 aromatic carbocycles. The number of primary amides is 1. The number of nitrogens with two attached hydrogens (primary N) is 2. The zero-order valence-electron chi connectivity index (χ0n) is 13.8. The predicted octanol–water partition coefficient (Wildman–Crippen LogP) is 1.11. The minimum Gasteiger partial charge on any atom is -0.368 e. The summed E-state index contributed by atoms with van der Waals surface area (Å²) in [6.45, 7) is 0. The molecule has 0 aromatic heterocycles. The van der Waals surface area contributed by atoms with Crippen molar-refractivity contribution in [2.24, 2.45) is 11.5 Å². The Morgan fingerprint density at radius 3 is 1.83 bits per heavy atom. The van der Waals surface area contributed by atoms with Crippen LogP contribution in [0.15, 0.2) is 60.7 Å². The van der Waals surface area contributed by atoms with Crippen molar-refractivity contribution in [2.75, 3.05) is 7.05 Å². The van der Waals surface area contributed by atoms with Gasteiger partial charge in [0.05, 0.1) is 6.04 Å². The molecule has 4 N–H and O–H groups in total. The third-order valence-electron chi connectivity index (χ3n) is 4.03. The Bertz CT molecular complexity index is 674. The molecule has 0 aliphatic carbocycles. The lowest BCUT2D eigenvalue weighted by Crippen LogP contribution is -2.52. The van der Waals surface area contributed by atoms with E-state index in [1.807, 2.05) is 60.7 Å². The highest BCUT2D eigenvalue weighted by molar-refractivity contribution is 5.89. The standard InChI is InChI=1S/C19H23N3O2/c1-22(17(18(21)23)13-15-10-6-3-7-11-15)19(24)16(20)12-14-8-4-2-5-9-14/h2-11,16-17H,12-13,20H2,1H3,(H2,21,23)/t16-,17-/m0/s1. The van der Waals surface area contributed by atoms with Gasteiger partial charge >= 0.3 is 0 Å². The van der Waals surface area contributed by atoms with Crippen LogP contribution in [0.2, 0.25) is 0 Å². The first-order valence-electron chi connectivity index (χ1n) is 7.88. The van der Waals surface area contributed by atoms with Gasteiger partial charge in [0, 0.05) is 13.5 Å². The van der Waals surface area contributed by atoms with Crippen LogP contribution >= 0.6 is 0 Å². The number of amides is 2. The third-order valence-corrected chi connectivity index (χ3v) is 4.03.